The number of carbonyl (C=O) groups is 2. The lowest BCUT2D eigenvalue weighted by Gasteiger charge is -2.18. The van der Waals surface area contributed by atoms with Crippen LogP contribution in [0.15, 0.2) is 54.6 Å². The highest BCUT2D eigenvalue weighted by Gasteiger charge is 2.20. The first-order chi connectivity index (χ1) is 12.5. The van der Waals surface area contributed by atoms with Crippen molar-refractivity contribution in [3.63, 3.8) is 0 Å². The fourth-order valence-electron chi connectivity index (χ4n) is 2.49. The largest absolute Gasteiger partial charge is 0.449 e. The Morgan fingerprint density at radius 3 is 2.27 bits per heavy atom. The number of ether oxygens (including phenoxy) is 1. The molecule has 0 aromatic heterocycles. The summed E-state index contributed by atoms with van der Waals surface area (Å²) in [6.07, 6.45) is 0.798. The second kappa shape index (κ2) is 9.73. The molecular formula is C21H25NO4. The van der Waals surface area contributed by atoms with Crippen LogP contribution in [-0.2, 0) is 22.6 Å². The van der Waals surface area contributed by atoms with Crippen molar-refractivity contribution in [1.29, 1.82) is 0 Å². The molecule has 0 unspecified atom stereocenters. The maximum absolute atomic E-state index is 12.2. The second-order valence-electron chi connectivity index (χ2n) is 6.34. The molecular weight excluding hydrogens is 330 g/mol. The molecule has 2 N–H and O–H groups in total. The summed E-state index contributed by atoms with van der Waals surface area (Å²) in [7, 11) is 0. The Labute approximate surface area is 154 Å². The third-order valence-corrected chi connectivity index (χ3v) is 4.12. The first-order valence-electron chi connectivity index (χ1n) is 8.74. The van der Waals surface area contributed by atoms with Crippen molar-refractivity contribution in [2.75, 3.05) is 0 Å². The molecule has 1 amide bonds. The monoisotopic (exact) mass is 355 g/mol. The van der Waals surface area contributed by atoms with Gasteiger partial charge in [-0.1, -0.05) is 42.5 Å². The summed E-state index contributed by atoms with van der Waals surface area (Å²) in [6.45, 7) is 3.40. The fourth-order valence-corrected chi connectivity index (χ4v) is 2.49. The van der Waals surface area contributed by atoms with Crippen LogP contribution in [0.25, 0.3) is 0 Å². The summed E-state index contributed by atoms with van der Waals surface area (Å²) in [5, 5.41) is 11.9. The highest BCUT2D eigenvalue weighted by atomic mass is 16.5. The molecule has 26 heavy (non-hydrogen) atoms. The van der Waals surface area contributed by atoms with Crippen molar-refractivity contribution in [1.82, 2.24) is 5.32 Å². The molecule has 0 heterocycles. The number of carbonyl (C=O) groups excluding carboxylic acids is 2. The number of nitrogens with one attached hydrogen (secondary N) is 1. The maximum atomic E-state index is 12.2. The van der Waals surface area contributed by atoms with Crippen LogP contribution in [0.3, 0.4) is 0 Å². The lowest BCUT2D eigenvalue weighted by Crippen LogP contribution is -2.41. The van der Waals surface area contributed by atoms with Crippen molar-refractivity contribution in [3.8, 4) is 0 Å². The summed E-state index contributed by atoms with van der Waals surface area (Å²) < 4.78 is 5.22. The molecule has 2 aromatic carbocycles. The van der Waals surface area contributed by atoms with Crippen LogP contribution < -0.4 is 5.32 Å². The zero-order valence-electron chi connectivity index (χ0n) is 15.1. The van der Waals surface area contributed by atoms with E-state index in [2.05, 4.69) is 17.4 Å². The van der Waals surface area contributed by atoms with Crippen LogP contribution in [0.2, 0.25) is 0 Å². The predicted molar refractivity (Wildman–Crippen MR) is 99.6 cm³/mol. The normalized spacial score (nSPS) is 12.9. The number of hydrogen-bond donors (Lipinski definition) is 2. The topological polar surface area (TPSA) is 75.6 Å². The van der Waals surface area contributed by atoms with Gasteiger partial charge in [0.1, 0.15) is 0 Å². The Balaban J connectivity index is 1.79. The number of hydrogen-bond acceptors (Lipinski definition) is 4. The van der Waals surface area contributed by atoms with E-state index in [0.29, 0.717) is 11.1 Å². The summed E-state index contributed by atoms with van der Waals surface area (Å²) in [4.78, 5) is 24.3. The van der Waals surface area contributed by atoms with E-state index < -0.39 is 12.1 Å². The van der Waals surface area contributed by atoms with Crippen LogP contribution in [-0.4, -0.2) is 29.1 Å². The maximum Gasteiger partial charge on any atom is 0.338 e. The second-order valence-corrected chi connectivity index (χ2v) is 6.34. The highest BCUT2D eigenvalue weighted by Crippen LogP contribution is 2.09. The molecule has 0 fully saturated rings. The summed E-state index contributed by atoms with van der Waals surface area (Å²) in [5.41, 5.74) is 2.28. The Morgan fingerprint density at radius 1 is 1.00 bits per heavy atom. The molecule has 0 aliphatic carbocycles. The first kappa shape index (κ1) is 19.7. The van der Waals surface area contributed by atoms with Crippen molar-refractivity contribution in [3.05, 3.63) is 71.3 Å². The summed E-state index contributed by atoms with van der Waals surface area (Å²) in [5.74, 6) is -0.875. The molecule has 2 rings (SSSR count). The Morgan fingerprint density at radius 2 is 1.65 bits per heavy atom. The van der Waals surface area contributed by atoms with Crippen molar-refractivity contribution >= 4 is 11.9 Å². The molecule has 0 radical (unpaired) electrons. The number of amides is 1. The summed E-state index contributed by atoms with van der Waals surface area (Å²) >= 11 is 0. The van der Waals surface area contributed by atoms with Crippen molar-refractivity contribution in [2.24, 2.45) is 0 Å². The highest BCUT2D eigenvalue weighted by molar-refractivity contribution is 5.92. The van der Waals surface area contributed by atoms with E-state index in [0.717, 1.165) is 12.8 Å². The molecule has 0 saturated carbocycles. The molecule has 0 saturated heterocycles. The zero-order valence-corrected chi connectivity index (χ0v) is 15.1. The van der Waals surface area contributed by atoms with E-state index in [9.17, 15) is 9.59 Å². The Hall–Kier alpha value is -2.66. The average Bonchev–Trinajstić information content (AvgIpc) is 2.67. The van der Waals surface area contributed by atoms with Crippen LogP contribution in [0.5, 0.6) is 0 Å². The van der Waals surface area contributed by atoms with Gasteiger partial charge in [0.25, 0.3) is 5.91 Å². The minimum Gasteiger partial charge on any atom is -0.449 e. The van der Waals surface area contributed by atoms with E-state index in [1.165, 1.54) is 5.56 Å². The molecule has 138 valence electrons. The fraction of sp³-hybridized carbons (Fsp3) is 0.333. The van der Waals surface area contributed by atoms with E-state index in [4.69, 9.17) is 9.84 Å². The van der Waals surface area contributed by atoms with Gasteiger partial charge in [0.15, 0.2) is 6.10 Å². The molecule has 0 aliphatic heterocycles. The zero-order chi connectivity index (χ0) is 18.9. The lowest BCUT2D eigenvalue weighted by atomic mass is 10.1. The van der Waals surface area contributed by atoms with Crippen LogP contribution in [0, 0.1) is 0 Å². The number of aliphatic hydroxyl groups is 1. The van der Waals surface area contributed by atoms with Gasteiger partial charge >= 0.3 is 5.97 Å². The quantitative estimate of drug-likeness (QED) is 0.714. The minimum absolute atomic E-state index is 0.0207. The summed E-state index contributed by atoms with van der Waals surface area (Å²) in [6, 6.07) is 16.5. The minimum atomic E-state index is -0.876. The molecule has 5 nitrogen and oxygen atoms in total. The number of aliphatic hydroxyl groups excluding tert-OH is 1. The Kier molecular flexibility index (Phi) is 7.36. The van der Waals surface area contributed by atoms with Gasteiger partial charge in [-0.2, -0.15) is 0 Å². The van der Waals surface area contributed by atoms with Gasteiger partial charge in [-0.15, -0.1) is 0 Å². The van der Waals surface area contributed by atoms with Crippen molar-refractivity contribution < 1.29 is 19.4 Å². The SMILES string of the molecule is C[C@H](CCc1ccccc1)NC(=O)[C@H](C)OC(=O)c1ccc(CO)cc1. The molecule has 0 aliphatic rings. The number of esters is 1. The predicted octanol–water partition coefficient (Wildman–Crippen LogP) is 2.86. The first-order valence-corrected chi connectivity index (χ1v) is 8.74. The van der Waals surface area contributed by atoms with E-state index in [1.807, 2.05) is 25.1 Å². The van der Waals surface area contributed by atoms with Gasteiger partial charge in [-0.3, -0.25) is 4.79 Å². The molecule has 5 heteroatoms. The van der Waals surface area contributed by atoms with E-state index >= 15 is 0 Å². The van der Waals surface area contributed by atoms with Crippen molar-refractivity contribution in [2.45, 2.75) is 45.4 Å². The van der Waals surface area contributed by atoms with Gasteiger partial charge < -0.3 is 15.2 Å². The molecule has 0 spiro atoms. The third-order valence-electron chi connectivity index (χ3n) is 4.12. The van der Waals surface area contributed by atoms with Gasteiger partial charge in [-0.05, 0) is 49.9 Å². The van der Waals surface area contributed by atoms with Gasteiger partial charge in [0, 0.05) is 6.04 Å². The van der Waals surface area contributed by atoms with E-state index in [1.54, 1.807) is 31.2 Å². The van der Waals surface area contributed by atoms with Crippen LogP contribution in [0.4, 0.5) is 0 Å². The lowest BCUT2D eigenvalue weighted by molar-refractivity contribution is -0.129. The molecule has 0 bridgehead atoms. The standard InChI is InChI=1S/C21H25NO4/c1-15(8-9-17-6-4-3-5-7-17)22-20(24)16(2)26-21(25)19-12-10-18(14-23)11-13-19/h3-7,10-13,15-16,23H,8-9,14H2,1-2H3,(H,22,24)/t15-,16+/m1/s1. The molecule has 2 aromatic rings. The van der Waals surface area contributed by atoms with Crippen LogP contribution >= 0.6 is 0 Å². The average molecular weight is 355 g/mol. The Bertz CT molecular complexity index is 713. The smallest absolute Gasteiger partial charge is 0.338 e. The molecule has 2 atom stereocenters. The van der Waals surface area contributed by atoms with Gasteiger partial charge in [-0.25, -0.2) is 4.79 Å². The van der Waals surface area contributed by atoms with Crippen LogP contribution in [0.1, 0.15) is 41.8 Å². The van der Waals surface area contributed by atoms with Gasteiger partial charge in [0.2, 0.25) is 0 Å². The third kappa shape index (κ3) is 6.01. The van der Waals surface area contributed by atoms with Gasteiger partial charge in [0.05, 0.1) is 12.2 Å². The number of aryl methyl sites for hydroxylation is 1. The van der Waals surface area contributed by atoms with E-state index in [-0.39, 0.29) is 18.6 Å². The number of benzene rings is 2. The number of rotatable bonds is 8.